The number of aromatic nitrogens is 3. The second kappa shape index (κ2) is 6.70. The lowest BCUT2D eigenvalue weighted by atomic mass is 10.1. The summed E-state index contributed by atoms with van der Waals surface area (Å²) in [6.45, 7) is 2.94. The van der Waals surface area contributed by atoms with E-state index in [0.29, 0.717) is 11.4 Å². The molecule has 3 rings (SSSR count). The van der Waals surface area contributed by atoms with E-state index in [0.717, 1.165) is 16.7 Å². The molecule has 0 saturated carbocycles. The molecule has 0 amide bonds. The minimum Gasteiger partial charge on any atom is -0.481 e. The number of benzene rings is 1. The molecule has 0 atom stereocenters. The van der Waals surface area contributed by atoms with Crippen molar-refractivity contribution in [1.29, 1.82) is 0 Å². The lowest BCUT2D eigenvalue weighted by Crippen LogP contribution is -2.37. The summed E-state index contributed by atoms with van der Waals surface area (Å²) in [5, 5.41) is 8.88. The van der Waals surface area contributed by atoms with Gasteiger partial charge < -0.3 is 19.2 Å². The first-order valence-electron chi connectivity index (χ1n) is 8.26. The smallest absolute Gasteiger partial charge is 0.418 e. The molecule has 0 aliphatic rings. The van der Waals surface area contributed by atoms with Gasteiger partial charge in [0.2, 0.25) is 0 Å². The minimum atomic E-state index is -4.72. The molecule has 0 fully saturated rings. The van der Waals surface area contributed by atoms with Crippen LogP contribution in [0, 0.1) is 13.8 Å². The topological polar surface area (TPSA) is 97.1 Å². The molecule has 10 heteroatoms. The first kappa shape index (κ1) is 19.5. The van der Waals surface area contributed by atoms with Crippen LogP contribution in [0.15, 0.2) is 33.9 Å². The zero-order valence-corrected chi connectivity index (χ0v) is 14.9. The van der Waals surface area contributed by atoms with Crippen molar-refractivity contribution in [3.8, 4) is 5.69 Å². The van der Waals surface area contributed by atoms with Crippen molar-refractivity contribution >= 4 is 17.0 Å². The Morgan fingerprint density at radius 3 is 2.29 bits per heavy atom. The van der Waals surface area contributed by atoms with Gasteiger partial charge in [0.1, 0.15) is 0 Å². The van der Waals surface area contributed by atoms with Crippen LogP contribution >= 0.6 is 0 Å². The van der Waals surface area contributed by atoms with Crippen LogP contribution in [-0.2, 0) is 17.5 Å². The Bertz CT molecular complexity index is 1180. The molecule has 0 spiro atoms. The average Bonchev–Trinajstić information content (AvgIpc) is 2.92. The number of hydrogen-bond donors (Lipinski definition) is 2. The van der Waals surface area contributed by atoms with E-state index in [-0.39, 0.29) is 23.3 Å². The number of fused-ring (bicyclic) bond motifs is 1. The van der Waals surface area contributed by atoms with E-state index < -0.39 is 35.2 Å². The number of carboxylic acids is 1. The van der Waals surface area contributed by atoms with Crippen LogP contribution in [-0.4, -0.2) is 25.2 Å². The number of rotatable bonds is 4. The van der Waals surface area contributed by atoms with Crippen LogP contribution in [0.5, 0.6) is 0 Å². The molecule has 2 N–H and O–H groups in total. The Balaban J connectivity index is 2.43. The number of aromatic amines is 1. The van der Waals surface area contributed by atoms with Crippen molar-refractivity contribution in [2.24, 2.45) is 0 Å². The van der Waals surface area contributed by atoms with E-state index in [4.69, 9.17) is 5.11 Å². The molecular weight excluding hydrogens is 379 g/mol. The van der Waals surface area contributed by atoms with Crippen molar-refractivity contribution in [2.75, 3.05) is 0 Å². The molecule has 0 radical (unpaired) electrons. The van der Waals surface area contributed by atoms with E-state index in [1.165, 1.54) is 4.57 Å². The van der Waals surface area contributed by atoms with Crippen molar-refractivity contribution in [3.63, 3.8) is 0 Å². The third kappa shape index (κ3) is 3.32. The number of alkyl halides is 3. The van der Waals surface area contributed by atoms with Crippen molar-refractivity contribution in [1.82, 2.24) is 14.1 Å². The standard InChI is InChI=1S/C18H16F3N3O4/c1-9-3-4-10(2)24(9)13-8-14-12(7-11(13)18(19,20)21)22-16(27)17(28)23(14)6-5-15(25)26/h3-4,7-8H,5-6H2,1-2H3,(H,22,27)(H,25,26). The molecule has 3 aromatic rings. The summed E-state index contributed by atoms with van der Waals surface area (Å²) in [6, 6.07) is 5.23. The molecule has 2 heterocycles. The summed E-state index contributed by atoms with van der Waals surface area (Å²) >= 11 is 0. The summed E-state index contributed by atoms with van der Waals surface area (Å²) in [7, 11) is 0. The molecule has 0 saturated heterocycles. The van der Waals surface area contributed by atoms with Crippen LogP contribution in [0.2, 0.25) is 0 Å². The maximum atomic E-state index is 13.7. The van der Waals surface area contributed by atoms with Gasteiger partial charge in [-0.25, -0.2) is 0 Å². The Morgan fingerprint density at radius 2 is 1.75 bits per heavy atom. The Labute approximate surface area is 155 Å². The third-order valence-corrected chi connectivity index (χ3v) is 4.46. The highest BCUT2D eigenvalue weighted by Crippen LogP contribution is 2.37. The summed E-state index contributed by atoms with van der Waals surface area (Å²) in [4.78, 5) is 37.1. The third-order valence-electron chi connectivity index (χ3n) is 4.46. The summed E-state index contributed by atoms with van der Waals surface area (Å²) < 4.78 is 43.4. The number of aryl methyl sites for hydroxylation is 3. The zero-order valence-electron chi connectivity index (χ0n) is 14.9. The second-order valence-corrected chi connectivity index (χ2v) is 6.39. The number of aliphatic carboxylic acids is 1. The summed E-state index contributed by atoms with van der Waals surface area (Å²) in [5.74, 6) is -1.20. The van der Waals surface area contributed by atoms with Crippen LogP contribution < -0.4 is 11.1 Å². The minimum absolute atomic E-state index is 0.0151. The van der Waals surface area contributed by atoms with Gasteiger partial charge >= 0.3 is 23.3 Å². The number of nitrogens with zero attached hydrogens (tertiary/aromatic N) is 2. The van der Waals surface area contributed by atoms with Gasteiger partial charge in [0.25, 0.3) is 0 Å². The quantitative estimate of drug-likeness (QED) is 0.664. The van der Waals surface area contributed by atoms with Gasteiger partial charge in [-0.1, -0.05) is 0 Å². The van der Waals surface area contributed by atoms with Gasteiger partial charge in [0.05, 0.1) is 28.7 Å². The largest absolute Gasteiger partial charge is 0.481 e. The molecular formula is C18H16F3N3O4. The van der Waals surface area contributed by atoms with Crippen LogP contribution in [0.3, 0.4) is 0 Å². The number of H-pyrrole nitrogens is 1. The van der Waals surface area contributed by atoms with Crippen LogP contribution in [0.25, 0.3) is 16.7 Å². The SMILES string of the molecule is Cc1ccc(C)n1-c1cc2c(cc1C(F)(F)F)[nH]c(=O)c(=O)n2CCC(=O)O. The number of carbonyl (C=O) groups is 1. The fourth-order valence-electron chi connectivity index (χ4n) is 3.20. The Morgan fingerprint density at radius 1 is 1.14 bits per heavy atom. The molecule has 0 bridgehead atoms. The second-order valence-electron chi connectivity index (χ2n) is 6.39. The summed E-state index contributed by atoms with van der Waals surface area (Å²) in [5.41, 5.74) is -2.43. The Kier molecular flexibility index (Phi) is 4.66. The fraction of sp³-hybridized carbons (Fsp3) is 0.278. The average molecular weight is 395 g/mol. The Hall–Kier alpha value is -3.30. The molecule has 0 aliphatic heterocycles. The number of hydrogen-bond acceptors (Lipinski definition) is 3. The first-order valence-corrected chi connectivity index (χ1v) is 8.26. The molecule has 0 unspecified atom stereocenters. The highest BCUT2D eigenvalue weighted by Gasteiger charge is 2.35. The van der Waals surface area contributed by atoms with Crippen molar-refractivity contribution in [2.45, 2.75) is 33.0 Å². The maximum Gasteiger partial charge on any atom is 0.418 e. The molecule has 2 aromatic heterocycles. The van der Waals surface area contributed by atoms with Gasteiger partial charge in [0, 0.05) is 17.9 Å². The lowest BCUT2D eigenvalue weighted by molar-refractivity contribution is -0.138. The van der Waals surface area contributed by atoms with Crippen LogP contribution in [0.4, 0.5) is 13.2 Å². The van der Waals surface area contributed by atoms with Gasteiger partial charge in [-0.05, 0) is 38.1 Å². The molecule has 148 valence electrons. The molecule has 28 heavy (non-hydrogen) atoms. The van der Waals surface area contributed by atoms with Gasteiger partial charge in [-0.2, -0.15) is 13.2 Å². The number of halogens is 3. The fourth-order valence-corrected chi connectivity index (χ4v) is 3.20. The first-order chi connectivity index (χ1) is 13.0. The lowest BCUT2D eigenvalue weighted by Gasteiger charge is -2.19. The van der Waals surface area contributed by atoms with E-state index in [2.05, 4.69) is 4.98 Å². The number of carboxylic acid groups (broad SMARTS) is 1. The summed E-state index contributed by atoms with van der Waals surface area (Å²) in [6.07, 6.45) is -5.18. The van der Waals surface area contributed by atoms with Gasteiger partial charge in [-0.3, -0.25) is 14.4 Å². The number of nitrogens with one attached hydrogen (secondary N) is 1. The van der Waals surface area contributed by atoms with E-state index >= 15 is 0 Å². The van der Waals surface area contributed by atoms with E-state index in [1.807, 2.05) is 0 Å². The highest BCUT2D eigenvalue weighted by atomic mass is 19.4. The van der Waals surface area contributed by atoms with Crippen molar-refractivity contribution in [3.05, 3.63) is 61.9 Å². The molecule has 1 aromatic carbocycles. The monoisotopic (exact) mass is 395 g/mol. The molecule has 7 nitrogen and oxygen atoms in total. The van der Waals surface area contributed by atoms with E-state index in [1.54, 1.807) is 26.0 Å². The molecule has 0 aliphatic carbocycles. The van der Waals surface area contributed by atoms with Gasteiger partial charge in [0.15, 0.2) is 0 Å². The van der Waals surface area contributed by atoms with Gasteiger partial charge in [-0.15, -0.1) is 0 Å². The van der Waals surface area contributed by atoms with Crippen molar-refractivity contribution < 1.29 is 23.1 Å². The maximum absolute atomic E-state index is 13.7. The normalized spacial score (nSPS) is 11.9. The predicted octanol–water partition coefficient (Wildman–Crippen LogP) is 2.59. The zero-order chi connectivity index (χ0) is 20.8. The van der Waals surface area contributed by atoms with E-state index in [9.17, 15) is 27.6 Å². The predicted molar refractivity (Wildman–Crippen MR) is 94.9 cm³/mol. The highest BCUT2D eigenvalue weighted by molar-refractivity contribution is 5.79. The van der Waals surface area contributed by atoms with Crippen LogP contribution in [0.1, 0.15) is 23.4 Å².